The molecule has 0 amide bonds. The second-order valence-corrected chi connectivity index (χ2v) is 5.42. The molecule has 0 aliphatic heterocycles. The molecule has 98 valence electrons. The topological polar surface area (TPSA) is 17.1 Å². The number of carbonyl (C=O) groups is 1. The van der Waals surface area contributed by atoms with Crippen molar-refractivity contribution < 1.29 is 4.79 Å². The lowest BCUT2D eigenvalue weighted by Gasteiger charge is -2.24. The lowest BCUT2D eigenvalue weighted by molar-refractivity contribution is -0.120. The first-order chi connectivity index (χ1) is 8.83. The van der Waals surface area contributed by atoms with Gasteiger partial charge in [-0.25, -0.2) is 0 Å². The Morgan fingerprint density at radius 3 is 2.89 bits per heavy atom. The molecular weight excluding hydrogens is 220 g/mol. The van der Waals surface area contributed by atoms with Crippen molar-refractivity contribution in [1.29, 1.82) is 0 Å². The van der Waals surface area contributed by atoms with Crippen molar-refractivity contribution in [2.45, 2.75) is 64.2 Å². The first-order valence-electron chi connectivity index (χ1n) is 7.43. The van der Waals surface area contributed by atoms with E-state index in [1.807, 2.05) is 0 Å². The SMILES string of the molecule is CCCCCCC(=O)C1CCCc2ccccc21. The molecule has 1 aromatic carbocycles. The fraction of sp³-hybridized carbons (Fsp3) is 0.588. The molecule has 0 N–H and O–H groups in total. The predicted molar refractivity (Wildman–Crippen MR) is 75.9 cm³/mol. The standard InChI is InChI=1S/C17H24O/c1-2-3-4-5-13-17(18)16-12-8-10-14-9-6-7-11-15(14)16/h6-7,9,11,16H,2-5,8,10,12-13H2,1H3. The van der Waals surface area contributed by atoms with E-state index >= 15 is 0 Å². The summed E-state index contributed by atoms with van der Waals surface area (Å²) in [6, 6.07) is 8.50. The highest BCUT2D eigenvalue weighted by molar-refractivity contribution is 5.86. The van der Waals surface area contributed by atoms with Gasteiger partial charge in [-0.3, -0.25) is 4.79 Å². The Balaban J connectivity index is 1.95. The number of hydrogen-bond acceptors (Lipinski definition) is 1. The molecule has 0 spiro atoms. The van der Waals surface area contributed by atoms with E-state index in [2.05, 4.69) is 31.2 Å². The zero-order valence-corrected chi connectivity index (χ0v) is 11.5. The van der Waals surface area contributed by atoms with Crippen molar-refractivity contribution >= 4 is 5.78 Å². The van der Waals surface area contributed by atoms with E-state index < -0.39 is 0 Å². The molecule has 0 heterocycles. The van der Waals surface area contributed by atoms with Gasteiger partial charge in [0.2, 0.25) is 0 Å². The first kappa shape index (κ1) is 13.3. The van der Waals surface area contributed by atoms with Gasteiger partial charge in [-0.2, -0.15) is 0 Å². The fourth-order valence-electron chi connectivity index (χ4n) is 2.99. The highest BCUT2D eigenvalue weighted by Crippen LogP contribution is 2.33. The Morgan fingerprint density at radius 1 is 1.22 bits per heavy atom. The molecule has 1 aromatic rings. The van der Waals surface area contributed by atoms with E-state index in [-0.39, 0.29) is 5.92 Å². The lowest BCUT2D eigenvalue weighted by Crippen LogP contribution is -2.18. The van der Waals surface area contributed by atoms with Crippen LogP contribution < -0.4 is 0 Å². The smallest absolute Gasteiger partial charge is 0.140 e. The molecule has 18 heavy (non-hydrogen) atoms. The molecule has 1 nitrogen and oxygen atoms in total. The van der Waals surface area contributed by atoms with Crippen molar-refractivity contribution in [3.8, 4) is 0 Å². The van der Waals surface area contributed by atoms with Crippen molar-refractivity contribution in [3.63, 3.8) is 0 Å². The minimum Gasteiger partial charge on any atom is -0.299 e. The van der Waals surface area contributed by atoms with Gasteiger partial charge in [-0.1, -0.05) is 50.5 Å². The number of Topliss-reactive ketones (excluding diaryl/α,β-unsaturated/α-hetero) is 1. The van der Waals surface area contributed by atoms with E-state index in [1.54, 1.807) is 0 Å². The van der Waals surface area contributed by atoms with Crippen LogP contribution in [-0.2, 0) is 11.2 Å². The number of fused-ring (bicyclic) bond motifs is 1. The maximum absolute atomic E-state index is 12.3. The molecule has 0 fully saturated rings. The van der Waals surface area contributed by atoms with E-state index in [0.717, 1.165) is 25.7 Å². The molecule has 0 saturated carbocycles. The molecule has 1 heteroatoms. The molecule has 1 unspecified atom stereocenters. The average Bonchev–Trinajstić information content (AvgIpc) is 2.43. The van der Waals surface area contributed by atoms with Gasteiger partial charge in [0.15, 0.2) is 0 Å². The van der Waals surface area contributed by atoms with E-state index in [1.165, 1.54) is 36.8 Å². The minimum absolute atomic E-state index is 0.191. The van der Waals surface area contributed by atoms with E-state index in [4.69, 9.17) is 0 Å². The van der Waals surface area contributed by atoms with Gasteiger partial charge in [-0.15, -0.1) is 0 Å². The zero-order chi connectivity index (χ0) is 12.8. The van der Waals surface area contributed by atoms with Gasteiger partial charge in [0.1, 0.15) is 5.78 Å². The Bertz CT molecular complexity index is 394. The molecular formula is C17H24O. The lowest BCUT2D eigenvalue weighted by atomic mass is 9.79. The fourth-order valence-corrected chi connectivity index (χ4v) is 2.99. The molecule has 2 rings (SSSR count). The molecule has 0 saturated heterocycles. The van der Waals surface area contributed by atoms with Crippen LogP contribution in [0.15, 0.2) is 24.3 Å². The summed E-state index contributed by atoms with van der Waals surface area (Å²) in [7, 11) is 0. The number of aryl methyl sites for hydroxylation is 1. The summed E-state index contributed by atoms with van der Waals surface area (Å²) >= 11 is 0. The normalized spacial score (nSPS) is 18.4. The number of hydrogen-bond donors (Lipinski definition) is 0. The second-order valence-electron chi connectivity index (χ2n) is 5.42. The van der Waals surface area contributed by atoms with Crippen molar-refractivity contribution in [3.05, 3.63) is 35.4 Å². The highest BCUT2D eigenvalue weighted by Gasteiger charge is 2.25. The summed E-state index contributed by atoms with van der Waals surface area (Å²) in [5.41, 5.74) is 2.71. The van der Waals surface area contributed by atoms with Crippen LogP contribution in [0.2, 0.25) is 0 Å². The summed E-state index contributed by atoms with van der Waals surface area (Å²) in [5, 5.41) is 0. The molecule has 0 aromatic heterocycles. The number of carbonyl (C=O) groups excluding carboxylic acids is 1. The Kier molecular flexibility index (Phi) is 4.98. The van der Waals surface area contributed by atoms with Gasteiger partial charge in [0, 0.05) is 12.3 Å². The van der Waals surface area contributed by atoms with Crippen LogP contribution in [0.4, 0.5) is 0 Å². The van der Waals surface area contributed by atoms with Crippen molar-refractivity contribution in [1.82, 2.24) is 0 Å². The van der Waals surface area contributed by atoms with Gasteiger partial charge in [0.25, 0.3) is 0 Å². The third-order valence-electron chi connectivity index (χ3n) is 4.03. The van der Waals surface area contributed by atoms with Crippen LogP contribution in [0.1, 0.15) is 68.9 Å². The maximum atomic E-state index is 12.3. The summed E-state index contributed by atoms with van der Waals surface area (Å²) < 4.78 is 0. The van der Waals surface area contributed by atoms with Crippen molar-refractivity contribution in [2.75, 3.05) is 0 Å². The summed E-state index contributed by atoms with van der Waals surface area (Å²) in [6.07, 6.45) is 8.93. The predicted octanol–water partition coefficient (Wildman–Crippen LogP) is 4.65. The third-order valence-corrected chi connectivity index (χ3v) is 4.03. The van der Waals surface area contributed by atoms with Crippen LogP contribution in [0.5, 0.6) is 0 Å². The Labute approximate surface area is 111 Å². The van der Waals surface area contributed by atoms with Gasteiger partial charge in [-0.05, 0) is 36.8 Å². The number of benzene rings is 1. The monoisotopic (exact) mass is 244 g/mol. The minimum atomic E-state index is 0.191. The first-order valence-corrected chi connectivity index (χ1v) is 7.43. The van der Waals surface area contributed by atoms with Crippen molar-refractivity contribution in [2.24, 2.45) is 0 Å². The van der Waals surface area contributed by atoms with Gasteiger partial charge in [0.05, 0.1) is 0 Å². The largest absolute Gasteiger partial charge is 0.299 e. The Morgan fingerprint density at radius 2 is 2.06 bits per heavy atom. The molecule has 1 aliphatic rings. The second kappa shape index (κ2) is 6.72. The summed E-state index contributed by atoms with van der Waals surface area (Å²) in [6.45, 7) is 2.21. The highest BCUT2D eigenvalue weighted by atomic mass is 16.1. The van der Waals surface area contributed by atoms with Crippen LogP contribution in [0.25, 0.3) is 0 Å². The molecule has 1 aliphatic carbocycles. The van der Waals surface area contributed by atoms with Crippen LogP contribution in [0.3, 0.4) is 0 Å². The van der Waals surface area contributed by atoms with Gasteiger partial charge >= 0.3 is 0 Å². The molecule has 1 atom stereocenters. The number of unbranched alkanes of at least 4 members (excludes halogenated alkanes) is 3. The number of rotatable bonds is 6. The van der Waals surface area contributed by atoms with E-state index in [0.29, 0.717) is 5.78 Å². The van der Waals surface area contributed by atoms with E-state index in [9.17, 15) is 4.79 Å². The summed E-state index contributed by atoms with van der Waals surface area (Å²) in [5.74, 6) is 0.662. The molecule has 0 radical (unpaired) electrons. The number of ketones is 1. The summed E-state index contributed by atoms with van der Waals surface area (Å²) in [4.78, 5) is 12.3. The quantitative estimate of drug-likeness (QED) is 0.666. The van der Waals surface area contributed by atoms with Gasteiger partial charge < -0.3 is 0 Å². The zero-order valence-electron chi connectivity index (χ0n) is 11.5. The maximum Gasteiger partial charge on any atom is 0.140 e. The van der Waals surface area contributed by atoms with Crippen LogP contribution in [0, 0.1) is 0 Å². The van der Waals surface area contributed by atoms with Crippen LogP contribution >= 0.6 is 0 Å². The Hall–Kier alpha value is -1.11. The van der Waals surface area contributed by atoms with Crippen LogP contribution in [-0.4, -0.2) is 5.78 Å². The molecule has 0 bridgehead atoms. The third kappa shape index (κ3) is 3.22. The average molecular weight is 244 g/mol.